The molecule has 0 saturated carbocycles. The van der Waals surface area contributed by atoms with Gasteiger partial charge in [0.05, 0.1) is 0 Å². The molecule has 2 aromatic rings. The van der Waals surface area contributed by atoms with Crippen LogP contribution in [0, 0.1) is 5.92 Å². The van der Waals surface area contributed by atoms with E-state index in [-0.39, 0.29) is 11.9 Å². The predicted octanol–water partition coefficient (Wildman–Crippen LogP) is 4.65. The number of carbonyl (C=O) groups excluding carboxylic acids is 1. The molecular formula is C21H29ClN4OS. The number of rotatable bonds is 7. The summed E-state index contributed by atoms with van der Waals surface area (Å²) >= 11 is 7.36. The molecule has 1 aliphatic rings. The number of hydrogen-bond acceptors (Lipinski definition) is 5. The third-order valence-electron chi connectivity index (χ3n) is 5.30. The van der Waals surface area contributed by atoms with Gasteiger partial charge in [-0.1, -0.05) is 30.7 Å². The SMILES string of the molecule is CC1CCN(C(=O)CCN(c2nc(Cc3ccc(Cl)cc3)ns2)C(C)C)CC1. The lowest BCUT2D eigenvalue weighted by Crippen LogP contribution is -2.40. The standard InChI is InChI=1S/C21H29ClN4OS/c1-15(2)26(13-10-20(27)25-11-8-16(3)9-12-25)21-23-19(24-28-21)14-17-4-6-18(22)7-5-17/h4-7,15-16H,8-14H2,1-3H3. The van der Waals surface area contributed by atoms with Crippen molar-refractivity contribution in [3.8, 4) is 0 Å². The molecule has 5 nitrogen and oxygen atoms in total. The Morgan fingerprint density at radius 3 is 2.61 bits per heavy atom. The zero-order valence-corrected chi connectivity index (χ0v) is 18.5. The second-order valence-corrected chi connectivity index (χ2v) is 9.06. The Kier molecular flexibility index (Phi) is 7.30. The molecule has 1 saturated heterocycles. The average molecular weight is 421 g/mol. The van der Waals surface area contributed by atoms with Gasteiger partial charge in [-0.25, -0.2) is 4.98 Å². The van der Waals surface area contributed by atoms with E-state index < -0.39 is 0 Å². The molecule has 152 valence electrons. The molecule has 0 radical (unpaired) electrons. The van der Waals surface area contributed by atoms with Gasteiger partial charge in [-0.2, -0.15) is 4.37 Å². The number of hydrogen-bond donors (Lipinski definition) is 0. The van der Waals surface area contributed by atoms with Gasteiger partial charge >= 0.3 is 0 Å². The van der Waals surface area contributed by atoms with E-state index in [2.05, 4.69) is 30.0 Å². The van der Waals surface area contributed by atoms with Gasteiger partial charge in [0.2, 0.25) is 11.0 Å². The van der Waals surface area contributed by atoms with Crippen molar-refractivity contribution >= 4 is 34.2 Å². The molecule has 1 amide bonds. The quantitative estimate of drug-likeness (QED) is 0.654. The van der Waals surface area contributed by atoms with E-state index in [4.69, 9.17) is 16.6 Å². The summed E-state index contributed by atoms with van der Waals surface area (Å²) in [5, 5.41) is 1.62. The van der Waals surface area contributed by atoms with Crippen LogP contribution in [0.25, 0.3) is 0 Å². The number of amides is 1. The summed E-state index contributed by atoms with van der Waals surface area (Å²) in [7, 11) is 0. The van der Waals surface area contributed by atoms with Crippen molar-refractivity contribution in [1.82, 2.24) is 14.3 Å². The van der Waals surface area contributed by atoms with Gasteiger partial charge in [-0.15, -0.1) is 0 Å². The van der Waals surface area contributed by atoms with E-state index in [9.17, 15) is 4.79 Å². The summed E-state index contributed by atoms with van der Waals surface area (Å²) in [6.45, 7) is 9.00. The first-order chi connectivity index (χ1) is 13.4. The Labute approximate surface area is 176 Å². The minimum absolute atomic E-state index is 0.253. The van der Waals surface area contributed by atoms with Crippen LogP contribution < -0.4 is 4.90 Å². The van der Waals surface area contributed by atoms with Gasteiger partial charge in [0.15, 0.2) is 0 Å². The molecule has 2 heterocycles. The first kappa shape index (κ1) is 21.1. The molecule has 0 aliphatic carbocycles. The maximum absolute atomic E-state index is 12.6. The molecule has 1 aromatic carbocycles. The summed E-state index contributed by atoms with van der Waals surface area (Å²) < 4.78 is 4.52. The van der Waals surface area contributed by atoms with Gasteiger partial charge < -0.3 is 9.80 Å². The smallest absolute Gasteiger partial charge is 0.224 e. The Bertz CT molecular complexity index is 769. The fourth-order valence-electron chi connectivity index (χ4n) is 3.42. The van der Waals surface area contributed by atoms with Crippen molar-refractivity contribution < 1.29 is 4.79 Å². The third-order valence-corrected chi connectivity index (χ3v) is 6.35. The van der Waals surface area contributed by atoms with Gasteiger partial charge in [-0.05, 0) is 50.3 Å². The monoisotopic (exact) mass is 420 g/mol. The third kappa shape index (κ3) is 5.67. The van der Waals surface area contributed by atoms with E-state index in [0.29, 0.717) is 19.4 Å². The van der Waals surface area contributed by atoms with Crippen LogP contribution in [0.15, 0.2) is 24.3 Å². The minimum atomic E-state index is 0.253. The Hall–Kier alpha value is -1.66. The van der Waals surface area contributed by atoms with Crippen LogP contribution in [0.5, 0.6) is 0 Å². The molecule has 3 rings (SSSR count). The highest BCUT2D eigenvalue weighted by Gasteiger charge is 2.22. The number of carbonyl (C=O) groups is 1. The number of anilines is 1. The van der Waals surface area contributed by atoms with Crippen molar-refractivity contribution in [1.29, 1.82) is 0 Å². The van der Waals surface area contributed by atoms with Crippen molar-refractivity contribution in [3.05, 3.63) is 40.7 Å². The highest BCUT2D eigenvalue weighted by molar-refractivity contribution is 7.09. The van der Waals surface area contributed by atoms with Crippen LogP contribution in [0.1, 0.15) is 51.4 Å². The average Bonchev–Trinajstić information content (AvgIpc) is 3.12. The van der Waals surface area contributed by atoms with E-state index >= 15 is 0 Å². The lowest BCUT2D eigenvalue weighted by Gasteiger charge is -2.32. The normalized spacial score (nSPS) is 15.2. The van der Waals surface area contributed by atoms with E-state index in [0.717, 1.165) is 53.4 Å². The second-order valence-electron chi connectivity index (χ2n) is 7.90. The Morgan fingerprint density at radius 2 is 1.96 bits per heavy atom. The van der Waals surface area contributed by atoms with E-state index in [1.54, 1.807) is 0 Å². The first-order valence-electron chi connectivity index (χ1n) is 10.0. The molecule has 0 unspecified atom stereocenters. The molecule has 0 spiro atoms. The summed E-state index contributed by atoms with van der Waals surface area (Å²) in [5.74, 6) is 1.80. The van der Waals surface area contributed by atoms with Crippen molar-refractivity contribution in [2.45, 2.75) is 52.5 Å². The van der Waals surface area contributed by atoms with Crippen molar-refractivity contribution in [2.75, 3.05) is 24.5 Å². The van der Waals surface area contributed by atoms with Crippen LogP contribution >= 0.6 is 23.1 Å². The zero-order chi connectivity index (χ0) is 20.1. The highest BCUT2D eigenvalue weighted by Crippen LogP contribution is 2.23. The molecule has 0 N–H and O–H groups in total. The number of halogens is 1. The number of nitrogens with zero attached hydrogens (tertiary/aromatic N) is 4. The predicted molar refractivity (Wildman–Crippen MR) is 116 cm³/mol. The van der Waals surface area contributed by atoms with Gasteiger partial charge in [0.25, 0.3) is 0 Å². The topological polar surface area (TPSA) is 49.3 Å². The largest absolute Gasteiger partial charge is 0.344 e. The number of likely N-dealkylation sites (tertiary alicyclic amines) is 1. The van der Waals surface area contributed by atoms with Crippen LogP contribution in [0.2, 0.25) is 5.02 Å². The summed E-state index contributed by atoms with van der Waals surface area (Å²) in [6, 6.07) is 8.04. The second kappa shape index (κ2) is 9.70. The lowest BCUT2D eigenvalue weighted by molar-refractivity contribution is -0.132. The fraction of sp³-hybridized carbons (Fsp3) is 0.571. The summed E-state index contributed by atoms with van der Waals surface area (Å²) in [4.78, 5) is 21.5. The van der Waals surface area contributed by atoms with Gasteiger partial charge in [0, 0.05) is 55.1 Å². The van der Waals surface area contributed by atoms with Gasteiger partial charge in [0.1, 0.15) is 5.82 Å². The van der Waals surface area contributed by atoms with Crippen molar-refractivity contribution in [3.63, 3.8) is 0 Å². The van der Waals surface area contributed by atoms with Crippen molar-refractivity contribution in [2.24, 2.45) is 5.92 Å². The minimum Gasteiger partial charge on any atom is -0.344 e. The molecule has 1 aromatic heterocycles. The fourth-order valence-corrected chi connectivity index (χ4v) is 4.40. The molecule has 0 atom stereocenters. The molecule has 7 heteroatoms. The Morgan fingerprint density at radius 1 is 1.29 bits per heavy atom. The number of benzene rings is 1. The first-order valence-corrected chi connectivity index (χ1v) is 11.2. The Balaban J connectivity index is 1.58. The lowest BCUT2D eigenvalue weighted by atomic mass is 9.99. The molecular weight excluding hydrogens is 392 g/mol. The maximum atomic E-state index is 12.6. The van der Waals surface area contributed by atoms with E-state index in [1.807, 2.05) is 29.2 Å². The molecule has 1 aliphatic heterocycles. The molecule has 1 fully saturated rings. The summed E-state index contributed by atoms with van der Waals surface area (Å²) in [6.07, 6.45) is 3.44. The zero-order valence-electron chi connectivity index (χ0n) is 16.9. The highest BCUT2D eigenvalue weighted by atomic mass is 35.5. The van der Waals surface area contributed by atoms with Crippen LogP contribution in [-0.2, 0) is 11.2 Å². The maximum Gasteiger partial charge on any atom is 0.224 e. The van der Waals surface area contributed by atoms with Crippen LogP contribution in [0.3, 0.4) is 0 Å². The molecule has 28 heavy (non-hydrogen) atoms. The van der Waals surface area contributed by atoms with Gasteiger partial charge in [-0.3, -0.25) is 4.79 Å². The summed E-state index contributed by atoms with van der Waals surface area (Å²) in [5.41, 5.74) is 1.14. The van der Waals surface area contributed by atoms with Crippen LogP contribution in [-0.4, -0.2) is 45.8 Å². The van der Waals surface area contributed by atoms with Crippen LogP contribution in [0.4, 0.5) is 5.13 Å². The molecule has 0 bridgehead atoms. The number of aromatic nitrogens is 2. The number of piperidine rings is 1. The van der Waals surface area contributed by atoms with E-state index in [1.165, 1.54) is 11.5 Å².